The molecule has 162 valence electrons. The van der Waals surface area contributed by atoms with Gasteiger partial charge in [0.1, 0.15) is 0 Å². The Hall–Kier alpha value is -2.45. The third-order valence-electron chi connectivity index (χ3n) is 7.19. The Morgan fingerprint density at radius 1 is 1.13 bits per heavy atom. The number of carbonyl (C=O) groups excluding carboxylic acids is 4. The summed E-state index contributed by atoms with van der Waals surface area (Å²) in [6, 6.07) is 3.82. The number of imide groups is 2. The molecule has 31 heavy (non-hydrogen) atoms. The van der Waals surface area contributed by atoms with E-state index in [0.717, 1.165) is 11.0 Å². The molecule has 2 saturated heterocycles. The number of allylic oxidation sites excluding steroid dienone is 2. The lowest BCUT2D eigenvalue weighted by atomic mass is 9.56. The molecule has 1 aromatic rings. The summed E-state index contributed by atoms with van der Waals surface area (Å²) < 4.78 is 14.3. The molecule has 1 aromatic carbocycles. The molecular formula is C21H17Cl2FN2O5. The number of alkyl halides is 2. The number of nitrogens with one attached hydrogen (secondary N) is 1. The number of rotatable bonds is 1. The first-order chi connectivity index (χ1) is 14.5. The number of para-hydroxylation sites is 1. The van der Waals surface area contributed by atoms with Crippen LogP contribution < -0.4 is 5.32 Å². The minimum absolute atomic E-state index is 0.00407. The first-order valence-electron chi connectivity index (χ1n) is 9.76. The summed E-state index contributed by atoms with van der Waals surface area (Å²) in [4.78, 5) is 48.0. The van der Waals surface area contributed by atoms with E-state index in [9.17, 15) is 28.7 Å². The lowest BCUT2D eigenvalue weighted by Crippen LogP contribution is -2.60. The van der Waals surface area contributed by atoms with Crippen LogP contribution in [0.15, 0.2) is 29.8 Å². The number of halogens is 3. The van der Waals surface area contributed by atoms with Gasteiger partial charge in [-0.05, 0) is 24.8 Å². The van der Waals surface area contributed by atoms with Crippen LogP contribution in [0.1, 0.15) is 24.3 Å². The number of nitrogens with zero attached hydrogens (tertiary/aromatic N) is 1. The van der Waals surface area contributed by atoms with Crippen molar-refractivity contribution in [2.24, 2.45) is 17.8 Å². The highest BCUT2D eigenvalue weighted by Gasteiger charge is 2.75. The fourth-order valence-corrected chi connectivity index (χ4v) is 6.78. The van der Waals surface area contributed by atoms with Gasteiger partial charge in [0, 0.05) is 18.5 Å². The van der Waals surface area contributed by atoms with Gasteiger partial charge >= 0.3 is 0 Å². The minimum Gasteiger partial charge on any atom is -0.505 e. The molecule has 10 heteroatoms. The van der Waals surface area contributed by atoms with Crippen LogP contribution in [0.3, 0.4) is 0 Å². The number of amides is 4. The molecule has 4 aliphatic rings. The number of hydrogen-bond donors (Lipinski definition) is 2. The molecule has 0 radical (unpaired) electrons. The van der Waals surface area contributed by atoms with E-state index < -0.39 is 68.6 Å². The van der Waals surface area contributed by atoms with Crippen LogP contribution in [-0.4, -0.2) is 50.4 Å². The average molecular weight is 467 g/mol. The van der Waals surface area contributed by atoms with Gasteiger partial charge in [0.2, 0.25) is 11.8 Å². The number of hydrogen-bond acceptors (Lipinski definition) is 5. The standard InChI is InChI=1S/C21H17Cl2FN2O5/c1-26-18(30)20(22)7-11-8(5-6-9-13(11)17(29)25-16(9)28)14(21(20,23)19(26)31)10-3-2-4-12(24)15(10)27/h2-5,9,11,13-14,27H,6-7H2,1H3,(H,25,28,29). The summed E-state index contributed by atoms with van der Waals surface area (Å²) in [5.74, 6) is -7.32. The number of benzene rings is 1. The van der Waals surface area contributed by atoms with Gasteiger partial charge in [-0.25, -0.2) is 4.39 Å². The fourth-order valence-electron chi connectivity index (χ4n) is 5.77. The Morgan fingerprint density at radius 3 is 2.55 bits per heavy atom. The molecule has 3 fully saturated rings. The molecule has 0 spiro atoms. The third-order valence-corrected chi connectivity index (χ3v) is 8.60. The quantitative estimate of drug-likeness (QED) is 0.373. The predicted octanol–water partition coefficient (Wildman–Crippen LogP) is 1.81. The number of fused-ring (bicyclic) bond motifs is 4. The summed E-state index contributed by atoms with van der Waals surface area (Å²) in [6.45, 7) is 0. The number of phenolic OH excluding ortho intramolecular Hbond substituents is 1. The summed E-state index contributed by atoms with van der Waals surface area (Å²) >= 11 is 13.7. The monoisotopic (exact) mass is 466 g/mol. The normalized spacial score (nSPS) is 39.1. The van der Waals surface area contributed by atoms with Gasteiger partial charge in [-0.1, -0.05) is 23.8 Å². The van der Waals surface area contributed by atoms with Gasteiger partial charge in [-0.3, -0.25) is 29.4 Å². The van der Waals surface area contributed by atoms with Crippen LogP contribution in [0, 0.1) is 23.6 Å². The van der Waals surface area contributed by atoms with Gasteiger partial charge in [0.15, 0.2) is 21.3 Å². The molecule has 4 amide bonds. The molecule has 6 unspecified atom stereocenters. The molecule has 7 nitrogen and oxygen atoms in total. The van der Waals surface area contributed by atoms with Crippen LogP contribution >= 0.6 is 23.2 Å². The second-order valence-electron chi connectivity index (χ2n) is 8.53. The Morgan fingerprint density at radius 2 is 1.84 bits per heavy atom. The van der Waals surface area contributed by atoms with E-state index in [1.54, 1.807) is 6.08 Å². The van der Waals surface area contributed by atoms with E-state index >= 15 is 0 Å². The summed E-state index contributed by atoms with van der Waals surface area (Å²) in [5, 5.41) is 12.8. The molecular weight excluding hydrogens is 450 g/mol. The number of carbonyl (C=O) groups is 4. The van der Waals surface area contributed by atoms with Crippen molar-refractivity contribution in [2.45, 2.75) is 28.5 Å². The van der Waals surface area contributed by atoms with Crippen LogP contribution in [0.2, 0.25) is 0 Å². The van der Waals surface area contributed by atoms with Crippen molar-refractivity contribution in [2.75, 3.05) is 7.05 Å². The Kier molecular flexibility index (Phi) is 4.15. The van der Waals surface area contributed by atoms with E-state index in [-0.39, 0.29) is 18.4 Å². The molecule has 0 bridgehead atoms. The zero-order chi connectivity index (χ0) is 22.5. The van der Waals surface area contributed by atoms with Crippen LogP contribution in [0.25, 0.3) is 0 Å². The van der Waals surface area contributed by atoms with Gasteiger partial charge in [0.25, 0.3) is 11.8 Å². The lowest BCUT2D eigenvalue weighted by Gasteiger charge is -2.50. The maximum atomic E-state index is 14.3. The van der Waals surface area contributed by atoms with Crippen LogP contribution in [0.5, 0.6) is 5.75 Å². The van der Waals surface area contributed by atoms with Crippen molar-refractivity contribution >= 4 is 46.8 Å². The van der Waals surface area contributed by atoms with E-state index in [0.29, 0.717) is 5.57 Å². The average Bonchev–Trinajstić information content (AvgIpc) is 3.09. The fraction of sp³-hybridized carbons (Fsp3) is 0.429. The third kappa shape index (κ3) is 2.29. The van der Waals surface area contributed by atoms with Crippen LogP contribution in [0.4, 0.5) is 4.39 Å². The largest absolute Gasteiger partial charge is 0.505 e. The van der Waals surface area contributed by atoms with Crippen molar-refractivity contribution < 1.29 is 28.7 Å². The molecule has 2 aliphatic carbocycles. The first-order valence-corrected chi connectivity index (χ1v) is 10.5. The number of likely N-dealkylation sites (tertiary alicyclic amines) is 1. The van der Waals surface area contributed by atoms with E-state index in [4.69, 9.17) is 23.2 Å². The van der Waals surface area contributed by atoms with Gasteiger partial charge in [-0.15, -0.1) is 23.2 Å². The Balaban J connectivity index is 1.79. The lowest BCUT2D eigenvalue weighted by molar-refractivity contribution is -0.138. The number of phenols is 1. The molecule has 5 rings (SSSR count). The zero-order valence-corrected chi connectivity index (χ0v) is 17.7. The predicted molar refractivity (Wildman–Crippen MR) is 107 cm³/mol. The highest BCUT2D eigenvalue weighted by molar-refractivity contribution is 6.53. The molecule has 2 heterocycles. The smallest absolute Gasteiger partial charge is 0.253 e. The second kappa shape index (κ2) is 6.29. The Bertz CT molecular complexity index is 1120. The Labute approximate surface area is 186 Å². The number of aromatic hydroxyl groups is 1. The maximum absolute atomic E-state index is 14.3. The van der Waals surface area contributed by atoms with Crippen molar-refractivity contribution in [3.05, 3.63) is 41.2 Å². The second-order valence-corrected chi connectivity index (χ2v) is 9.77. The van der Waals surface area contributed by atoms with E-state index in [1.165, 1.54) is 19.2 Å². The SMILES string of the molecule is CN1C(=O)C2(Cl)CC3C(=CCC4C(=O)NC(=O)C43)C(c3cccc(F)c3O)C2(Cl)C1=O. The van der Waals surface area contributed by atoms with Crippen molar-refractivity contribution in [1.29, 1.82) is 0 Å². The van der Waals surface area contributed by atoms with Gasteiger partial charge in [0.05, 0.1) is 11.8 Å². The maximum Gasteiger partial charge on any atom is 0.253 e. The van der Waals surface area contributed by atoms with E-state index in [2.05, 4.69) is 5.32 Å². The molecule has 0 aromatic heterocycles. The zero-order valence-electron chi connectivity index (χ0n) is 16.2. The van der Waals surface area contributed by atoms with Gasteiger partial charge in [-0.2, -0.15) is 0 Å². The topological polar surface area (TPSA) is 104 Å². The highest BCUT2D eigenvalue weighted by atomic mass is 35.5. The van der Waals surface area contributed by atoms with Gasteiger partial charge < -0.3 is 5.11 Å². The van der Waals surface area contributed by atoms with Crippen molar-refractivity contribution in [3.63, 3.8) is 0 Å². The summed E-state index contributed by atoms with van der Waals surface area (Å²) in [6.07, 6.45) is 1.77. The van der Waals surface area contributed by atoms with Crippen molar-refractivity contribution in [1.82, 2.24) is 10.2 Å². The van der Waals surface area contributed by atoms with E-state index in [1.807, 2.05) is 0 Å². The minimum atomic E-state index is -2.04. The molecule has 6 atom stereocenters. The summed E-state index contributed by atoms with van der Waals surface area (Å²) in [5.41, 5.74) is 0.491. The van der Waals surface area contributed by atoms with Crippen molar-refractivity contribution in [3.8, 4) is 5.75 Å². The molecule has 2 N–H and O–H groups in total. The molecule has 2 aliphatic heterocycles. The molecule has 1 saturated carbocycles. The summed E-state index contributed by atoms with van der Waals surface area (Å²) in [7, 11) is 1.26. The highest BCUT2D eigenvalue weighted by Crippen LogP contribution is 2.65. The van der Waals surface area contributed by atoms with Crippen LogP contribution in [-0.2, 0) is 19.2 Å². The first kappa shape index (κ1) is 20.5.